The average molecular weight is 261 g/mol. The van der Waals surface area contributed by atoms with Gasteiger partial charge in [-0.2, -0.15) is 0 Å². The number of rotatable bonds is 0. The van der Waals surface area contributed by atoms with Crippen LogP contribution in [0.15, 0.2) is 30.6 Å². The van der Waals surface area contributed by atoms with Crippen LogP contribution in [-0.4, -0.2) is 4.98 Å². The fourth-order valence-electron chi connectivity index (χ4n) is 0.313. The number of nitrogens with zero attached hydrogens (tertiary/aromatic N) is 1. The summed E-state index contributed by atoms with van der Waals surface area (Å²) in [5.41, 5.74) is 0. The Morgan fingerprint density at radius 3 is 1.00 bits per heavy atom. The lowest BCUT2D eigenvalue weighted by atomic mass is 10.5. The first-order valence-electron chi connectivity index (χ1n) is 1.85. The Morgan fingerprint density at radius 1 is 0.545 bits per heavy atom. The van der Waals surface area contributed by atoms with Gasteiger partial charge in [0.25, 0.3) is 0 Å². The highest BCUT2D eigenvalue weighted by Crippen LogP contribution is 1.73. The van der Waals surface area contributed by atoms with Crippen LogP contribution < -0.4 is 0 Å². The highest BCUT2D eigenvalue weighted by Gasteiger charge is 1.58. The van der Waals surface area contributed by atoms with E-state index in [9.17, 15) is 0 Å². The third-order valence-corrected chi connectivity index (χ3v) is 0.566. The van der Waals surface area contributed by atoms with Gasteiger partial charge in [0.15, 0.2) is 0 Å². The van der Waals surface area contributed by atoms with Gasteiger partial charge < -0.3 is 0 Å². The molecule has 1 aromatic rings. The van der Waals surface area contributed by atoms with Gasteiger partial charge in [-0.25, -0.2) is 0 Å². The lowest BCUT2D eigenvalue weighted by Gasteiger charge is -1.70. The molecule has 0 aliphatic rings. The van der Waals surface area contributed by atoms with Gasteiger partial charge >= 0.3 is 0 Å². The zero-order valence-corrected chi connectivity index (χ0v) is 9.46. The Bertz CT molecular complexity index is 86.8. The van der Waals surface area contributed by atoms with Crippen molar-refractivity contribution in [1.82, 2.24) is 4.98 Å². The molecule has 0 saturated heterocycles. The fraction of sp³-hybridized carbons (Fsp3) is 0. The van der Waals surface area contributed by atoms with Crippen LogP contribution in [0.5, 0.6) is 0 Å². The maximum Gasteiger partial charge on any atom is 0.0267 e. The van der Waals surface area contributed by atoms with Crippen LogP contribution in [0, 0.1) is 0 Å². The Morgan fingerprint density at radius 2 is 0.909 bits per heavy atom. The molecule has 0 fully saturated rings. The maximum absolute atomic E-state index is 3.78. The van der Waals surface area contributed by atoms with E-state index >= 15 is 0 Å². The predicted molar refractivity (Wildman–Crippen MR) is 60.5 cm³/mol. The average Bonchev–Trinajstić information content (AvgIpc) is 1.72. The molecule has 0 atom stereocenters. The second-order valence-electron chi connectivity index (χ2n) is 1.02. The molecule has 0 radical (unpaired) electrons. The first kappa shape index (κ1) is 29.9. The molecule has 0 bridgehead atoms. The van der Waals surface area contributed by atoms with Crippen LogP contribution in [-0.2, 0) is 0 Å². The van der Waals surface area contributed by atoms with Gasteiger partial charge in [0.2, 0.25) is 0 Å². The number of aromatic nitrogens is 1. The molecule has 6 heteroatoms. The van der Waals surface area contributed by atoms with Gasteiger partial charge in [0, 0.05) is 12.4 Å². The third-order valence-electron chi connectivity index (χ3n) is 0.566. The van der Waals surface area contributed by atoms with Gasteiger partial charge in [0.05, 0.1) is 0 Å². The summed E-state index contributed by atoms with van der Waals surface area (Å²) in [5, 5.41) is 0. The molecule has 1 rings (SSSR count). The van der Waals surface area contributed by atoms with E-state index in [0.717, 1.165) is 0 Å². The van der Waals surface area contributed by atoms with Crippen molar-refractivity contribution in [3.05, 3.63) is 30.6 Å². The smallest absolute Gasteiger partial charge is 0.0267 e. The molecular formula is C5H10Cl5N. The molecule has 0 aromatic carbocycles. The summed E-state index contributed by atoms with van der Waals surface area (Å²) < 4.78 is 0. The summed E-state index contributed by atoms with van der Waals surface area (Å²) >= 11 is 0. The summed E-state index contributed by atoms with van der Waals surface area (Å²) in [6, 6.07) is 5.72. The molecule has 0 saturated carbocycles. The van der Waals surface area contributed by atoms with E-state index in [0.29, 0.717) is 0 Å². The molecule has 1 nitrogen and oxygen atoms in total. The van der Waals surface area contributed by atoms with E-state index in [2.05, 4.69) is 4.98 Å². The second kappa shape index (κ2) is 22.4. The van der Waals surface area contributed by atoms with Crippen molar-refractivity contribution < 1.29 is 0 Å². The predicted octanol–water partition coefficient (Wildman–Crippen LogP) is 3.19. The molecule has 0 unspecified atom stereocenters. The molecule has 1 heterocycles. The van der Waals surface area contributed by atoms with Gasteiger partial charge in [-0.05, 0) is 12.1 Å². The van der Waals surface area contributed by atoms with Crippen LogP contribution in [0.1, 0.15) is 0 Å². The van der Waals surface area contributed by atoms with Gasteiger partial charge in [-0.15, -0.1) is 62.0 Å². The molecule has 0 aliphatic carbocycles. The summed E-state index contributed by atoms with van der Waals surface area (Å²) in [7, 11) is 0. The third kappa shape index (κ3) is 18.0. The Balaban J connectivity index is -0.0000000240. The highest BCUT2D eigenvalue weighted by atomic mass is 35.5. The minimum Gasteiger partial charge on any atom is -0.265 e. The van der Waals surface area contributed by atoms with E-state index < -0.39 is 0 Å². The standard InChI is InChI=1S/C5H5N.5ClH/c1-2-4-6-5-3-1;;;;;/h1-5H;5*1H. The van der Waals surface area contributed by atoms with Crippen molar-refractivity contribution >= 4 is 62.0 Å². The van der Waals surface area contributed by atoms with Crippen LogP contribution in [0.2, 0.25) is 0 Å². The molecule has 1 aromatic heterocycles. The minimum atomic E-state index is 0. The van der Waals surface area contributed by atoms with Crippen molar-refractivity contribution in [2.75, 3.05) is 0 Å². The lowest BCUT2D eigenvalue weighted by molar-refractivity contribution is 1.33. The van der Waals surface area contributed by atoms with E-state index in [1.54, 1.807) is 12.4 Å². The van der Waals surface area contributed by atoms with Crippen LogP contribution in [0.3, 0.4) is 0 Å². The van der Waals surface area contributed by atoms with Gasteiger partial charge in [0.1, 0.15) is 0 Å². The van der Waals surface area contributed by atoms with Crippen LogP contribution in [0.4, 0.5) is 0 Å². The quantitative estimate of drug-likeness (QED) is 0.699. The number of hydrogen-bond donors (Lipinski definition) is 0. The van der Waals surface area contributed by atoms with E-state index in [-0.39, 0.29) is 62.0 Å². The molecule has 0 aliphatic heterocycles. The number of hydrogen-bond acceptors (Lipinski definition) is 1. The van der Waals surface area contributed by atoms with Crippen molar-refractivity contribution in [1.29, 1.82) is 0 Å². The molecule has 70 valence electrons. The topological polar surface area (TPSA) is 12.9 Å². The van der Waals surface area contributed by atoms with E-state index in [1.807, 2.05) is 18.2 Å². The zero-order chi connectivity index (χ0) is 4.24. The number of halogens is 5. The normalized spacial score (nSPS) is 4.36. The van der Waals surface area contributed by atoms with Crippen LogP contribution in [0.25, 0.3) is 0 Å². The summed E-state index contributed by atoms with van der Waals surface area (Å²) in [4.78, 5) is 3.78. The molecule has 0 spiro atoms. The molecular weight excluding hydrogens is 251 g/mol. The summed E-state index contributed by atoms with van der Waals surface area (Å²) in [6.07, 6.45) is 3.50. The maximum atomic E-state index is 3.78. The lowest BCUT2D eigenvalue weighted by Crippen LogP contribution is -1.58. The van der Waals surface area contributed by atoms with Crippen molar-refractivity contribution in [3.63, 3.8) is 0 Å². The fourth-order valence-corrected chi connectivity index (χ4v) is 0.313. The first-order chi connectivity index (χ1) is 3.00. The Kier molecular flexibility index (Phi) is 61.0. The van der Waals surface area contributed by atoms with Crippen molar-refractivity contribution in [2.24, 2.45) is 0 Å². The zero-order valence-electron chi connectivity index (χ0n) is 5.38. The SMILES string of the molecule is Cl.Cl.Cl.Cl.Cl.c1ccncc1. The number of pyridine rings is 1. The van der Waals surface area contributed by atoms with Crippen molar-refractivity contribution in [3.8, 4) is 0 Å². The van der Waals surface area contributed by atoms with E-state index in [4.69, 9.17) is 0 Å². The van der Waals surface area contributed by atoms with E-state index in [1.165, 1.54) is 0 Å². The largest absolute Gasteiger partial charge is 0.265 e. The minimum absolute atomic E-state index is 0. The summed E-state index contributed by atoms with van der Waals surface area (Å²) in [5.74, 6) is 0. The van der Waals surface area contributed by atoms with Gasteiger partial charge in [-0.3, -0.25) is 4.98 Å². The summed E-state index contributed by atoms with van der Waals surface area (Å²) in [6.45, 7) is 0. The monoisotopic (exact) mass is 259 g/mol. The van der Waals surface area contributed by atoms with Crippen LogP contribution >= 0.6 is 62.0 Å². The molecule has 11 heavy (non-hydrogen) atoms. The Labute approximate surface area is 97.4 Å². The molecule has 0 N–H and O–H groups in total. The van der Waals surface area contributed by atoms with Gasteiger partial charge in [-0.1, -0.05) is 6.07 Å². The molecule has 0 amide bonds. The first-order valence-corrected chi connectivity index (χ1v) is 1.85. The van der Waals surface area contributed by atoms with Crippen molar-refractivity contribution in [2.45, 2.75) is 0 Å². The highest BCUT2D eigenvalue weighted by molar-refractivity contribution is 5.86. The Hall–Kier alpha value is 0.600. The second-order valence-corrected chi connectivity index (χ2v) is 1.02.